The molecule has 0 bridgehead atoms. The van der Waals surface area contributed by atoms with Crippen molar-refractivity contribution in [3.8, 4) is 6.01 Å². The fourth-order valence-corrected chi connectivity index (χ4v) is 1.78. The second-order valence-electron chi connectivity index (χ2n) is 4.16. The molecule has 0 saturated heterocycles. The van der Waals surface area contributed by atoms with Crippen LogP contribution in [0.4, 0.5) is 16.0 Å². The van der Waals surface area contributed by atoms with Crippen LogP contribution in [0.1, 0.15) is 13.8 Å². The Morgan fingerprint density at radius 1 is 1.15 bits per heavy atom. The predicted molar refractivity (Wildman–Crippen MR) is 75.3 cm³/mol. The summed E-state index contributed by atoms with van der Waals surface area (Å²) >= 11 is 11.5. The normalized spacial score (nSPS) is 10.7. The van der Waals surface area contributed by atoms with Crippen molar-refractivity contribution in [3.63, 3.8) is 0 Å². The van der Waals surface area contributed by atoms with E-state index in [4.69, 9.17) is 27.9 Å². The molecule has 1 aromatic carbocycles. The van der Waals surface area contributed by atoms with Crippen LogP contribution < -0.4 is 10.1 Å². The molecule has 0 fully saturated rings. The van der Waals surface area contributed by atoms with Crippen molar-refractivity contribution in [1.29, 1.82) is 0 Å². The number of nitrogens with zero attached hydrogens (tertiary/aromatic N) is 3. The summed E-state index contributed by atoms with van der Waals surface area (Å²) in [6.45, 7) is 3.66. The molecule has 0 amide bonds. The van der Waals surface area contributed by atoms with Gasteiger partial charge in [0, 0.05) is 10.7 Å². The van der Waals surface area contributed by atoms with Gasteiger partial charge < -0.3 is 10.1 Å². The first-order chi connectivity index (χ1) is 9.42. The van der Waals surface area contributed by atoms with Crippen LogP contribution in [0, 0.1) is 5.82 Å². The zero-order chi connectivity index (χ0) is 14.7. The van der Waals surface area contributed by atoms with Crippen LogP contribution in [-0.4, -0.2) is 21.1 Å². The third kappa shape index (κ3) is 4.18. The van der Waals surface area contributed by atoms with E-state index in [-0.39, 0.29) is 28.4 Å². The summed E-state index contributed by atoms with van der Waals surface area (Å²) in [5.41, 5.74) is 0.396. The van der Waals surface area contributed by atoms with Crippen molar-refractivity contribution in [2.45, 2.75) is 20.0 Å². The van der Waals surface area contributed by atoms with E-state index in [2.05, 4.69) is 20.3 Å². The van der Waals surface area contributed by atoms with Gasteiger partial charge in [0.15, 0.2) is 0 Å². The highest BCUT2D eigenvalue weighted by molar-refractivity contribution is 6.30. The van der Waals surface area contributed by atoms with Crippen molar-refractivity contribution in [3.05, 3.63) is 34.3 Å². The molecule has 0 radical (unpaired) electrons. The van der Waals surface area contributed by atoms with E-state index in [9.17, 15) is 4.39 Å². The molecule has 0 spiro atoms. The third-order valence-electron chi connectivity index (χ3n) is 2.05. The lowest BCUT2D eigenvalue weighted by Gasteiger charge is -2.10. The highest BCUT2D eigenvalue weighted by atomic mass is 35.5. The topological polar surface area (TPSA) is 59.9 Å². The van der Waals surface area contributed by atoms with Gasteiger partial charge in [0.05, 0.1) is 6.10 Å². The fraction of sp³-hybridized carbons (Fsp3) is 0.250. The molecular formula is C12H11Cl2FN4O. The van der Waals surface area contributed by atoms with Gasteiger partial charge in [-0.25, -0.2) is 4.39 Å². The van der Waals surface area contributed by atoms with Gasteiger partial charge in [-0.2, -0.15) is 15.0 Å². The van der Waals surface area contributed by atoms with Gasteiger partial charge in [-0.05, 0) is 43.6 Å². The lowest BCUT2D eigenvalue weighted by molar-refractivity contribution is 0.222. The Kier molecular flexibility index (Phi) is 4.57. The first-order valence-corrected chi connectivity index (χ1v) is 6.49. The van der Waals surface area contributed by atoms with E-state index in [1.165, 1.54) is 18.2 Å². The number of hydrogen-bond acceptors (Lipinski definition) is 5. The Bertz CT molecular complexity index is 604. The molecule has 0 aliphatic rings. The summed E-state index contributed by atoms with van der Waals surface area (Å²) in [4.78, 5) is 11.7. The minimum Gasteiger partial charge on any atom is -0.461 e. The van der Waals surface area contributed by atoms with Crippen LogP contribution in [0.15, 0.2) is 18.2 Å². The van der Waals surface area contributed by atoms with E-state index in [1.54, 1.807) is 0 Å². The zero-order valence-electron chi connectivity index (χ0n) is 10.7. The second-order valence-corrected chi connectivity index (χ2v) is 4.93. The van der Waals surface area contributed by atoms with Gasteiger partial charge >= 0.3 is 6.01 Å². The lowest BCUT2D eigenvalue weighted by atomic mass is 10.3. The standard InChI is InChI=1S/C12H11Cl2FN4O/c1-6(2)20-12-18-10(14)17-11(19-12)16-9-4-7(13)3-8(15)5-9/h3-6H,1-2H3,(H,16,17,18,19). The summed E-state index contributed by atoms with van der Waals surface area (Å²) in [6.07, 6.45) is -0.107. The molecule has 2 aromatic rings. The summed E-state index contributed by atoms with van der Waals surface area (Å²) in [5, 5.41) is 3.02. The third-order valence-corrected chi connectivity index (χ3v) is 2.43. The molecule has 2 rings (SSSR count). The van der Waals surface area contributed by atoms with Crippen LogP contribution in [0.25, 0.3) is 0 Å². The minimum atomic E-state index is -0.473. The van der Waals surface area contributed by atoms with Gasteiger partial charge in [0.25, 0.3) is 0 Å². The molecule has 1 aromatic heterocycles. The molecule has 20 heavy (non-hydrogen) atoms. The molecule has 0 unspecified atom stereocenters. The summed E-state index contributed by atoms with van der Waals surface area (Å²) < 4.78 is 18.6. The van der Waals surface area contributed by atoms with Gasteiger partial charge in [0.1, 0.15) is 5.82 Å². The van der Waals surface area contributed by atoms with Crippen molar-refractivity contribution in [1.82, 2.24) is 15.0 Å². The van der Waals surface area contributed by atoms with Gasteiger partial charge in [-0.15, -0.1) is 0 Å². The average Bonchev–Trinajstić information content (AvgIpc) is 2.24. The Morgan fingerprint density at radius 2 is 1.90 bits per heavy atom. The molecule has 0 saturated carbocycles. The SMILES string of the molecule is CC(C)Oc1nc(Cl)nc(Nc2cc(F)cc(Cl)c2)n1. The quantitative estimate of drug-likeness (QED) is 0.928. The Balaban J connectivity index is 2.26. The van der Waals surface area contributed by atoms with Gasteiger partial charge in [-0.3, -0.25) is 0 Å². The Labute approximate surface area is 125 Å². The minimum absolute atomic E-state index is 0.0272. The smallest absolute Gasteiger partial charge is 0.322 e. The van der Waals surface area contributed by atoms with Crippen molar-refractivity contribution >= 4 is 34.8 Å². The highest BCUT2D eigenvalue weighted by Crippen LogP contribution is 2.22. The Hall–Kier alpha value is -1.66. The van der Waals surface area contributed by atoms with Crippen molar-refractivity contribution in [2.24, 2.45) is 0 Å². The fourth-order valence-electron chi connectivity index (χ4n) is 1.41. The van der Waals surface area contributed by atoms with Crippen LogP contribution >= 0.6 is 23.2 Å². The molecule has 106 valence electrons. The number of ether oxygens (including phenoxy) is 1. The number of nitrogens with one attached hydrogen (secondary N) is 1. The van der Waals surface area contributed by atoms with E-state index >= 15 is 0 Å². The first kappa shape index (κ1) is 14.7. The van der Waals surface area contributed by atoms with Gasteiger partial charge in [0.2, 0.25) is 11.2 Å². The maximum atomic E-state index is 13.2. The van der Waals surface area contributed by atoms with Crippen LogP contribution in [0.3, 0.4) is 0 Å². The lowest BCUT2D eigenvalue weighted by Crippen LogP contribution is -2.10. The predicted octanol–water partition coefficient (Wildman–Crippen LogP) is 3.85. The summed E-state index contributed by atoms with van der Waals surface area (Å²) in [6, 6.07) is 4.07. The summed E-state index contributed by atoms with van der Waals surface area (Å²) in [5.74, 6) is -0.332. The van der Waals surface area contributed by atoms with Crippen LogP contribution in [-0.2, 0) is 0 Å². The first-order valence-electron chi connectivity index (χ1n) is 5.74. The molecule has 0 aliphatic carbocycles. The number of aromatic nitrogens is 3. The molecule has 0 atom stereocenters. The van der Waals surface area contributed by atoms with Crippen LogP contribution in [0.5, 0.6) is 6.01 Å². The Morgan fingerprint density at radius 3 is 2.55 bits per heavy atom. The average molecular weight is 317 g/mol. The van der Waals surface area contributed by atoms with Crippen LogP contribution in [0.2, 0.25) is 10.3 Å². The number of rotatable bonds is 4. The maximum absolute atomic E-state index is 13.2. The number of benzene rings is 1. The van der Waals surface area contributed by atoms with Crippen molar-refractivity contribution < 1.29 is 9.13 Å². The number of halogens is 3. The van der Waals surface area contributed by atoms with E-state index in [0.717, 1.165) is 0 Å². The number of anilines is 2. The second kappa shape index (κ2) is 6.19. The molecule has 1 heterocycles. The highest BCUT2D eigenvalue weighted by Gasteiger charge is 2.09. The van der Waals surface area contributed by atoms with Crippen molar-refractivity contribution in [2.75, 3.05) is 5.32 Å². The largest absolute Gasteiger partial charge is 0.461 e. The zero-order valence-corrected chi connectivity index (χ0v) is 12.2. The molecule has 1 N–H and O–H groups in total. The molecule has 5 nitrogen and oxygen atoms in total. The molecule has 0 aliphatic heterocycles. The van der Waals surface area contributed by atoms with E-state index < -0.39 is 5.82 Å². The van der Waals surface area contributed by atoms with Gasteiger partial charge in [-0.1, -0.05) is 11.6 Å². The maximum Gasteiger partial charge on any atom is 0.322 e. The number of hydrogen-bond donors (Lipinski definition) is 1. The van der Waals surface area contributed by atoms with E-state index in [0.29, 0.717) is 5.69 Å². The molecule has 8 heteroatoms. The summed E-state index contributed by atoms with van der Waals surface area (Å²) in [7, 11) is 0. The van der Waals surface area contributed by atoms with E-state index in [1.807, 2.05) is 13.8 Å². The monoisotopic (exact) mass is 316 g/mol. The molecular weight excluding hydrogens is 306 g/mol.